The second kappa shape index (κ2) is 8.39. The van der Waals surface area contributed by atoms with Gasteiger partial charge in [-0.05, 0) is 51.7 Å². The number of aromatic nitrogens is 4. The van der Waals surface area contributed by atoms with Gasteiger partial charge in [-0.3, -0.25) is 5.10 Å². The van der Waals surface area contributed by atoms with Crippen LogP contribution in [0.25, 0.3) is 22.3 Å². The number of nitrogens with one attached hydrogen (secondary N) is 3. The summed E-state index contributed by atoms with van der Waals surface area (Å²) in [5.74, 6) is 0.501. The van der Waals surface area contributed by atoms with E-state index in [9.17, 15) is 9.83 Å². The van der Waals surface area contributed by atoms with E-state index in [0.29, 0.717) is 51.1 Å². The zero-order valence-electron chi connectivity index (χ0n) is 18.8. The van der Waals surface area contributed by atoms with Gasteiger partial charge in [0.1, 0.15) is 18.4 Å². The Morgan fingerprint density at radius 2 is 2.09 bits per heavy atom. The average Bonchev–Trinajstić information content (AvgIpc) is 3.42. The number of hydrogen-bond acceptors (Lipinski definition) is 7. The third kappa shape index (κ3) is 4.14. The van der Waals surface area contributed by atoms with E-state index in [1.165, 1.54) is 0 Å². The molecule has 0 spiro atoms. The summed E-state index contributed by atoms with van der Waals surface area (Å²) in [6.07, 6.45) is 6.73. The topological polar surface area (TPSA) is 119 Å². The molecule has 0 aliphatic carbocycles. The van der Waals surface area contributed by atoms with E-state index in [4.69, 9.17) is 16.6 Å². The number of fused-ring (bicyclic) bond motifs is 1. The second-order valence-corrected chi connectivity index (χ2v) is 13.2. The van der Waals surface area contributed by atoms with Crippen molar-refractivity contribution in [2.75, 3.05) is 24.2 Å². The third-order valence-electron chi connectivity index (χ3n) is 6.78. The van der Waals surface area contributed by atoms with Gasteiger partial charge in [-0.25, -0.2) is 9.97 Å². The van der Waals surface area contributed by atoms with E-state index in [-0.39, 0.29) is 11.6 Å². The first kappa shape index (κ1) is 22.3. The van der Waals surface area contributed by atoms with Crippen molar-refractivity contribution in [3.05, 3.63) is 28.9 Å². The van der Waals surface area contributed by atoms with Crippen LogP contribution in [-0.2, 0) is 4.57 Å². The fourth-order valence-corrected chi connectivity index (χ4v) is 8.31. The maximum atomic E-state index is 13.7. The van der Waals surface area contributed by atoms with Crippen LogP contribution in [0.1, 0.15) is 45.1 Å². The lowest BCUT2D eigenvalue weighted by Gasteiger charge is -2.36. The lowest BCUT2D eigenvalue weighted by atomic mass is 9.91. The van der Waals surface area contributed by atoms with Crippen LogP contribution in [0.4, 0.5) is 5.95 Å². The van der Waals surface area contributed by atoms with Crippen molar-refractivity contribution in [3.8, 4) is 17.5 Å². The molecule has 0 bridgehead atoms. The highest BCUT2D eigenvalue weighted by Gasteiger charge is 2.34. The molecule has 10 heteroatoms. The highest BCUT2D eigenvalue weighted by molar-refractivity contribution is 7.72. The third-order valence-corrected chi connectivity index (χ3v) is 10.4. The van der Waals surface area contributed by atoms with Crippen LogP contribution in [0.5, 0.6) is 0 Å². The first-order valence-electron chi connectivity index (χ1n) is 11.3. The predicted molar refractivity (Wildman–Crippen MR) is 132 cm³/mol. The zero-order chi connectivity index (χ0) is 23.2. The molecule has 0 radical (unpaired) electrons. The number of anilines is 1. The number of H-pyrrole nitrogens is 1. The molecule has 2 saturated heterocycles. The molecule has 1 aromatic carbocycles. The van der Waals surface area contributed by atoms with Gasteiger partial charge in [-0.15, -0.1) is 0 Å². The molecule has 33 heavy (non-hydrogen) atoms. The predicted octanol–water partition coefficient (Wildman–Crippen LogP) is 4.27. The SMILES string of the molecule is CC1(C)CC[C@H](Nc2ncc(Cl)c(-c3[nH]nc4c(P5(=O)CCCC5)c(C#N)ccc34)n2)CN1. The Morgan fingerprint density at radius 3 is 2.79 bits per heavy atom. The minimum absolute atomic E-state index is 0.139. The van der Waals surface area contributed by atoms with Crippen molar-refractivity contribution in [1.29, 1.82) is 5.26 Å². The van der Waals surface area contributed by atoms with Crippen LogP contribution in [0.3, 0.4) is 0 Å². The van der Waals surface area contributed by atoms with Gasteiger partial charge in [0.25, 0.3) is 0 Å². The zero-order valence-corrected chi connectivity index (χ0v) is 20.4. The average molecular weight is 484 g/mol. The molecule has 0 saturated carbocycles. The molecule has 5 rings (SSSR count). The van der Waals surface area contributed by atoms with Gasteiger partial charge in [0, 0.05) is 35.8 Å². The highest BCUT2D eigenvalue weighted by Crippen LogP contribution is 2.53. The van der Waals surface area contributed by atoms with Crippen molar-refractivity contribution in [2.24, 2.45) is 0 Å². The van der Waals surface area contributed by atoms with Crippen LogP contribution >= 0.6 is 18.7 Å². The molecule has 2 aliphatic heterocycles. The number of nitriles is 1. The molecule has 8 nitrogen and oxygen atoms in total. The fourth-order valence-electron chi connectivity index (χ4n) is 4.86. The van der Waals surface area contributed by atoms with Gasteiger partial charge in [0.05, 0.1) is 33.9 Å². The monoisotopic (exact) mass is 483 g/mol. The molecule has 2 fully saturated rings. The van der Waals surface area contributed by atoms with Crippen LogP contribution < -0.4 is 15.9 Å². The van der Waals surface area contributed by atoms with Crippen molar-refractivity contribution in [1.82, 2.24) is 25.5 Å². The number of rotatable bonds is 4. The van der Waals surface area contributed by atoms with Gasteiger partial charge in [-0.2, -0.15) is 10.4 Å². The first-order chi connectivity index (χ1) is 15.8. The summed E-state index contributed by atoms with van der Waals surface area (Å²) in [4.78, 5) is 9.07. The second-order valence-electron chi connectivity index (χ2n) is 9.65. The molecule has 172 valence electrons. The maximum absolute atomic E-state index is 13.7. The van der Waals surface area contributed by atoms with E-state index in [0.717, 1.165) is 37.6 Å². The summed E-state index contributed by atoms with van der Waals surface area (Å²) in [6.45, 7) is 5.24. The molecule has 1 atom stereocenters. The first-order valence-corrected chi connectivity index (χ1v) is 13.8. The Hall–Kier alpha value is -2.46. The summed E-state index contributed by atoms with van der Waals surface area (Å²) in [5.41, 5.74) is 2.33. The Bertz CT molecular complexity index is 1290. The van der Waals surface area contributed by atoms with Crippen LogP contribution in [0.2, 0.25) is 5.02 Å². The van der Waals surface area contributed by atoms with E-state index in [1.807, 2.05) is 6.07 Å². The smallest absolute Gasteiger partial charge is 0.223 e. The van der Waals surface area contributed by atoms with Crippen molar-refractivity contribution >= 4 is 40.9 Å². The van der Waals surface area contributed by atoms with E-state index in [2.05, 4.69) is 45.7 Å². The minimum Gasteiger partial charge on any atom is -0.350 e. The quantitative estimate of drug-likeness (QED) is 0.474. The van der Waals surface area contributed by atoms with Crippen LogP contribution in [-0.4, -0.2) is 50.6 Å². The van der Waals surface area contributed by atoms with Gasteiger partial charge in [-0.1, -0.05) is 11.6 Å². The molecule has 4 heterocycles. The lowest BCUT2D eigenvalue weighted by Crippen LogP contribution is -2.50. The van der Waals surface area contributed by atoms with Gasteiger partial charge < -0.3 is 15.2 Å². The summed E-state index contributed by atoms with van der Waals surface area (Å²) in [6, 6.07) is 6.01. The number of hydrogen-bond donors (Lipinski definition) is 3. The lowest BCUT2D eigenvalue weighted by molar-refractivity contribution is 0.289. The van der Waals surface area contributed by atoms with Crippen molar-refractivity contribution < 1.29 is 4.57 Å². The molecule has 2 aromatic heterocycles. The Balaban J connectivity index is 1.53. The van der Waals surface area contributed by atoms with Crippen molar-refractivity contribution in [3.63, 3.8) is 0 Å². The normalized spacial score (nSPS) is 21.7. The maximum Gasteiger partial charge on any atom is 0.223 e. The summed E-state index contributed by atoms with van der Waals surface area (Å²) in [5, 5.41) is 25.9. The number of nitrogens with zero attached hydrogens (tertiary/aromatic N) is 4. The van der Waals surface area contributed by atoms with Crippen LogP contribution in [0, 0.1) is 11.3 Å². The van der Waals surface area contributed by atoms with Crippen LogP contribution in [0.15, 0.2) is 18.3 Å². The minimum atomic E-state index is -2.65. The van der Waals surface area contributed by atoms with E-state index < -0.39 is 7.14 Å². The van der Waals surface area contributed by atoms with Gasteiger partial charge in [0.2, 0.25) is 5.95 Å². The Morgan fingerprint density at radius 1 is 1.30 bits per heavy atom. The Kier molecular flexibility index (Phi) is 5.68. The van der Waals surface area contributed by atoms with E-state index >= 15 is 0 Å². The molecular weight excluding hydrogens is 457 g/mol. The number of halogens is 1. The summed E-state index contributed by atoms with van der Waals surface area (Å²) >= 11 is 6.50. The molecule has 0 amide bonds. The number of piperidine rings is 1. The largest absolute Gasteiger partial charge is 0.350 e. The van der Waals surface area contributed by atoms with E-state index in [1.54, 1.807) is 12.3 Å². The Labute approximate surface area is 197 Å². The summed E-state index contributed by atoms with van der Waals surface area (Å²) in [7, 11) is -2.65. The fraction of sp³-hybridized carbons (Fsp3) is 0.478. The standard InChI is InChI=1S/C23H27ClN7OP/c1-23(2)8-7-15(12-27-23)28-22-26-13-17(24)20(29-22)18-16-6-5-14(11-25)21(19(16)31-30-18)33(32)9-3-4-10-33/h5-6,13,15,27H,3-4,7-10,12H2,1-2H3,(H,30,31)(H,26,28,29)/t15-/m0/s1. The summed E-state index contributed by atoms with van der Waals surface area (Å²) < 4.78 is 13.7. The highest BCUT2D eigenvalue weighted by atomic mass is 35.5. The number of aromatic amines is 1. The molecule has 2 aliphatic rings. The molecule has 3 aromatic rings. The van der Waals surface area contributed by atoms with Gasteiger partial charge in [0.15, 0.2) is 0 Å². The molecular formula is C23H27ClN7OP. The van der Waals surface area contributed by atoms with Crippen molar-refractivity contribution in [2.45, 2.75) is 51.1 Å². The molecule has 0 unspecified atom stereocenters. The number of benzene rings is 1. The molecule has 3 N–H and O–H groups in total. The van der Waals surface area contributed by atoms with Gasteiger partial charge >= 0.3 is 0 Å².